The van der Waals surface area contributed by atoms with Crippen molar-refractivity contribution in [3.8, 4) is 11.5 Å². The average Bonchev–Trinajstić information content (AvgIpc) is 3.19. The number of hydrogen-bond acceptors (Lipinski definition) is 3. The summed E-state index contributed by atoms with van der Waals surface area (Å²) in [6, 6.07) is 16.5. The van der Waals surface area contributed by atoms with E-state index in [2.05, 4.69) is 32.6 Å². The smallest absolute Gasteiger partial charge is 0.237 e. The van der Waals surface area contributed by atoms with Gasteiger partial charge in [0.2, 0.25) is 11.8 Å². The fraction of sp³-hybridized carbons (Fsp3) is 0.250. The first kappa shape index (κ1) is 27.1. The molecule has 2 N–H and O–H groups in total. The Bertz CT molecular complexity index is 1620. The maximum atomic E-state index is 14.4. The van der Waals surface area contributed by atoms with Crippen molar-refractivity contribution in [3.63, 3.8) is 0 Å². The number of benzene rings is 3. The van der Waals surface area contributed by atoms with Gasteiger partial charge >= 0.3 is 0 Å². The highest BCUT2D eigenvalue weighted by Crippen LogP contribution is 2.58. The van der Waals surface area contributed by atoms with E-state index in [-0.39, 0.29) is 30.1 Å². The van der Waals surface area contributed by atoms with Crippen LogP contribution in [0.4, 0.5) is 5.69 Å². The number of piperidine rings is 1. The molecule has 40 heavy (non-hydrogen) atoms. The lowest BCUT2D eigenvalue weighted by Gasteiger charge is -2.49. The average molecular weight is 638 g/mol. The highest BCUT2D eigenvalue weighted by Gasteiger charge is 2.62. The van der Waals surface area contributed by atoms with E-state index in [1.807, 2.05) is 68.5 Å². The number of halogens is 3. The van der Waals surface area contributed by atoms with E-state index in [0.29, 0.717) is 39.2 Å². The Morgan fingerprint density at radius 1 is 0.975 bits per heavy atom. The van der Waals surface area contributed by atoms with Crippen molar-refractivity contribution >= 4 is 56.6 Å². The van der Waals surface area contributed by atoms with Crippen LogP contribution in [0.15, 0.2) is 82.3 Å². The van der Waals surface area contributed by atoms with Crippen molar-refractivity contribution in [2.75, 3.05) is 5.32 Å². The summed E-state index contributed by atoms with van der Waals surface area (Å²) >= 11 is 16.5. The Hall–Kier alpha value is -3.06. The number of fused-ring (bicyclic) bond motifs is 2. The van der Waals surface area contributed by atoms with Crippen molar-refractivity contribution in [2.24, 2.45) is 11.8 Å². The van der Waals surface area contributed by atoms with Crippen LogP contribution in [0.5, 0.6) is 11.5 Å². The minimum Gasteiger partial charge on any atom is -0.457 e. The van der Waals surface area contributed by atoms with Crippen LogP contribution in [0.1, 0.15) is 41.1 Å². The van der Waals surface area contributed by atoms with Crippen molar-refractivity contribution in [1.82, 2.24) is 5.32 Å². The summed E-state index contributed by atoms with van der Waals surface area (Å²) in [7, 11) is 0. The van der Waals surface area contributed by atoms with Crippen LogP contribution in [0.25, 0.3) is 0 Å². The first-order chi connectivity index (χ1) is 19.2. The van der Waals surface area contributed by atoms with Crippen LogP contribution in [0.3, 0.4) is 0 Å². The first-order valence-electron chi connectivity index (χ1n) is 13.1. The van der Waals surface area contributed by atoms with Crippen molar-refractivity contribution in [2.45, 2.75) is 38.1 Å². The molecule has 0 bridgehead atoms. The van der Waals surface area contributed by atoms with E-state index in [1.165, 1.54) is 0 Å². The monoisotopic (exact) mass is 636 g/mol. The van der Waals surface area contributed by atoms with E-state index in [4.69, 9.17) is 27.9 Å². The van der Waals surface area contributed by atoms with Crippen molar-refractivity contribution in [3.05, 3.63) is 110 Å². The number of ether oxygens (including phenoxy) is 1. The highest BCUT2D eigenvalue weighted by molar-refractivity contribution is 9.10. The molecule has 1 aliphatic carbocycles. The van der Waals surface area contributed by atoms with E-state index >= 15 is 0 Å². The number of amides is 2. The summed E-state index contributed by atoms with van der Waals surface area (Å²) in [5.74, 6) is 0.457. The van der Waals surface area contributed by atoms with Gasteiger partial charge in [-0.15, -0.1) is 0 Å². The first-order valence-corrected chi connectivity index (χ1v) is 14.7. The lowest BCUT2D eigenvalue weighted by atomic mass is 9.57. The number of carbonyl (C=O) groups excluding carboxylic acids is 2. The number of nitrogens with one attached hydrogen (secondary N) is 2. The molecule has 3 aromatic carbocycles. The number of hydrogen-bond donors (Lipinski definition) is 2. The fourth-order valence-corrected chi connectivity index (χ4v) is 7.22. The predicted octanol–water partition coefficient (Wildman–Crippen LogP) is 8.28. The molecule has 2 amide bonds. The van der Waals surface area contributed by atoms with Crippen molar-refractivity contribution < 1.29 is 14.3 Å². The Morgan fingerprint density at radius 2 is 1.80 bits per heavy atom. The molecule has 1 spiro atoms. The Kier molecular flexibility index (Phi) is 7.06. The van der Waals surface area contributed by atoms with Crippen LogP contribution in [-0.2, 0) is 15.0 Å². The van der Waals surface area contributed by atoms with E-state index in [9.17, 15) is 9.59 Å². The molecule has 0 radical (unpaired) electrons. The molecule has 8 heteroatoms. The summed E-state index contributed by atoms with van der Waals surface area (Å²) in [6.07, 6.45) is 6.55. The van der Waals surface area contributed by atoms with E-state index in [0.717, 1.165) is 21.2 Å². The summed E-state index contributed by atoms with van der Waals surface area (Å²) in [5.41, 5.74) is 3.06. The largest absolute Gasteiger partial charge is 0.457 e. The summed E-state index contributed by atoms with van der Waals surface area (Å²) in [4.78, 5) is 27.8. The molecule has 6 rings (SSSR count). The summed E-state index contributed by atoms with van der Waals surface area (Å²) in [5, 5.41) is 7.52. The second-order valence-corrected chi connectivity index (χ2v) is 12.6. The molecule has 2 heterocycles. The molecule has 2 aliphatic heterocycles. The number of carbonyl (C=O) groups is 2. The number of rotatable bonds is 4. The third kappa shape index (κ3) is 4.56. The molecule has 0 aromatic heterocycles. The zero-order valence-electron chi connectivity index (χ0n) is 21.9. The SMILES string of the molecule is Cc1ccc(C)c(Oc2ccc(Br)cc2[C@H]2NC(=O)C[C@@H](C3C=CC=C(Cl)C3)[C@]23C(=O)Nc2cc(Cl)ccc23)c1. The van der Waals surface area contributed by atoms with Crippen LogP contribution < -0.4 is 15.4 Å². The van der Waals surface area contributed by atoms with Crippen molar-refractivity contribution in [1.29, 1.82) is 0 Å². The lowest BCUT2D eigenvalue weighted by Crippen LogP contribution is -2.59. The lowest BCUT2D eigenvalue weighted by molar-refractivity contribution is -0.135. The van der Waals surface area contributed by atoms with Crippen LogP contribution >= 0.6 is 39.1 Å². The molecule has 1 saturated heterocycles. The van der Waals surface area contributed by atoms with Crippen LogP contribution in [-0.4, -0.2) is 11.8 Å². The minimum atomic E-state index is -1.14. The molecule has 1 unspecified atom stereocenters. The second kappa shape index (κ2) is 10.4. The fourth-order valence-electron chi connectivity index (χ4n) is 6.42. The number of aryl methyl sites for hydroxylation is 2. The zero-order valence-corrected chi connectivity index (χ0v) is 25.0. The maximum Gasteiger partial charge on any atom is 0.237 e. The van der Waals surface area contributed by atoms with Gasteiger partial charge in [-0.05, 0) is 91.3 Å². The van der Waals surface area contributed by atoms with Gasteiger partial charge in [0.25, 0.3) is 0 Å². The zero-order chi connectivity index (χ0) is 28.2. The number of anilines is 1. The van der Waals surface area contributed by atoms with E-state index in [1.54, 1.807) is 12.1 Å². The molecule has 4 atom stereocenters. The number of allylic oxidation sites excluding steroid dienone is 4. The molecular formula is C32H27BrCl2N2O3. The third-order valence-electron chi connectivity index (χ3n) is 8.23. The van der Waals surface area contributed by atoms with Crippen LogP contribution in [0.2, 0.25) is 5.02 Å². The van der Waals surface area contributed by atoms with Gasteiger partial charge < -0.3 is 15.4 Å². The topological polar surface area (TPSA) is 67.4 Å². The standard InChI is InChI=1S/C32H27BrCl2N2O3/c1-17-6-7-18(2)28(12-17)40-27-11-8-20(33)14-23(27)30-32(24-10-9-22(35)15-26(24)36-31(32)39)25(16-29(38)37-30)19-4-3-5-21(34)13-19/h3-12,14-15,19,25,30H,13,16H2,1-2H3,(H,36,39)(H,37,38)/t19?,25-,30+,32-/m0/s1. The quantitative estimate of drug-likeness (QED) is 0.303. The molecule has 0 saturated carbocycles. The van der Waals surface area contributed by atoms with Gasteiger partial charge in [-0.25, -0.2) is 0 Å². The molecule has 204 valence electrons. The van der Waals surface area contributed by atoms with Gasteiger partial charge in [0, 0.05) is 32.2 Å². The van der Waals surface area contributed by atoms with E-state index < -0.39 is 11.5 Å². The Labute approximate surface area is 251 Å². The molecular weight excluding hydrogens is 611 g/mol. The van der Waals surface area contributed by atoms with Gasteiger partial charge in [0.1, 0.15) is 16.9 Å². The minimum absolute atomic E-state index is 0.131. The molecule has 3 aromatic rings. The van der Waals surface area contributed by atoms with Gasteiger partial charge in [-0.3, -0.25) is 9.59 Å². The van der Waals surface area contributed by atoms with Gasteiger partial charge in [-0.2, -0.15) is 0 Å². The Morgan fingerprint density at radius 3 is 2.60 bits per heavy atom. The molecule has 5 nitrogen and oxygen atoms in total. The summed E-state index contributed by atoms with van der Waals surface area (Å²) < 4.78 is 7.34. The Balaban J connectivity index is 1.57. The van der Waals surface area contributed by atoms with Gasteiger partial charge in [-0.1, -0.05) is 69.5 Å². The predicted molar refractivity (Wildman–Crippen MR) is 162 cm³/mol. The normalized spacial score (nSPS) is 25.3. The van der Waals surface area contributed by atoms with Gasteiger partial charge in [0.15, 0.2) is 0 Å². The van der Waals surface area contributed by atoms with Crippen LogP contribution in [0, 0.1) is 25.7 Å². The maximum absolute atomic E-state index is 14.4. The molecule has 1 fully saturated rings. The second-order valence-electron chi connectivity index (χ2n) is 10.7. The van der Waals surface area contributed by atoms with Gasteiger partial charge in [0.05, 0.1) is 6.04 Å². The summed E-state index contributed by atoms with van der Waals surface area (Å²) in [6.45, 7) is 4.00. The third-order valence-corrected chi connectivity index (χ3v) is 9.24. The highest BCUT2D eigenvalue weighted by atomic mass is 79.9. The molecule has 3 aliphatic rings.